The molecule has 0 spiro atoms. The van der Waals surface area contributed by atoms with Crippen molar-refractivity contribution >= 4 is 26.3 Å². The van der Waals surface area contributed by atoms with Gasteiger partial charge in [0, 0.05) is 11.3 Å². The minimum atomic E-state index is -3.20. The summed E-state index contributed by atoms with van der Waals surface area (Å²) >= 11 is 5.82. The lowest BCUT2D eigenvalue weighted by atomic mass is 10.1. The Morgan fingerprint density at radius 3 is 2.18 bits per heavy atom. The van der Waals surface area contributed by atoms with Crippen LogP contribution in [0.4, 0.5) is 0 Å². The number of allylic oxidation sites excluding steroid dienone is 1. The number of hydrogen-bond acceptors (Lipinski definition) is 2. The van der Waals surface area contributed by atoms with Crippen LogP contribution in [0, 0.1) is 5.92 Å². The molecule has 1 aromatic carbocycles. The normalized spacial score (nSPS) is 17.8. The van der Waals surface area contributed by atoms with Crippen molar-refractivity contribution < 1.29 is 8.42 Å². The van der Waals surface area contributed by atoms with Gasteiger partial charge in [0.1, 0.15) is 0 Å². The highest BCUT2D eigenvalue weighted by atomic mass is 35.5. The van der Waals surface area contributed by atoms with Gasteiger partial charge in [0.25, 0.3) is 0 Å². The zero-order valence-corrected chi connectivity index (χ0v) is 11.5. The van der Waals surface area contributed by atoms with Gasteiger partial charge in [-0.15, -0.1) is 0 Å². The smallest absolute Gasteiger partial charge is 0.176 e. The Morgan fingerprint density at radius 1 is 1.24 bits per heavy atom. The molecule has 2 rings (SSSR count). The summed E-state index contributed by atoms with van der Waals surface area (Å²) in [6.07, 6.45) is 3.46. The van der Waals surface area contributed by atoms with Crippen LogP contribution < -0.4 is 0 Å². The minimum Gasteiger partial charge on any atom is -0.224 e. The summed E-state index contributed by atoms with van der Waals surface area (Å²) in [5, 5.41) is 0.616. The first-order chi connectivity index (χ1) is 7.89. The molecule has 1 aromatic rings. The fourth-order valence-electron chi connectivity index (χ4n) is 2.04. The predicted octanol–water partition coefficient (Wildman–Crippen LogP) is 3.53. The molecule has 1 saturated carbocycles. The SMILES string of the molecule is CC(=C(c1ccc(Cl)cc1)S(C)(=O)=O)C1CC1. The number of halogens is 1. The number of benzene rings is 1. The molecular formula is C13H15ClO2S. The van der Waals surface area contributed by atoms with Crippen LogP contribution in [-0.4, -0.2) is 14.7 Å². The second-order valence-electron chi connectivity index (χ2n) is 4.57. The summed E-state index contributed by atoms with van der Waals surface area (Å²) in [5.74, 6) is 0.440. The fraction of sp³-hybridized carbons (Fsp3) is 0.385. The van der Waals surface area contributed by atoms with Gasteiger partial charge in [-0.05, 0) is 43.4 Å². The van der Waals surface area contributed by atoms with E-state index in [4.69, 9.17) is 11.6 Å². The Morgan fingerprint density at radius 2 is 1.76 bits per heavy atom. The summed E-state index contributed by atoms with van der Waals surface area (Å²) in [4.78, 5) is 0.469. The van der Waals surface area contributed by atoms with Gasteiger partial charge in [0.2, 0.25) is 0 Å². The molecule has 1 aliphatic rings. The molecule has 0 N–H and O–H groups in total. The van der Waals surface area contributed by atoms with E-state index in [-0.39, 0.29) is 0 Å². The third kappa shape index (κ3) is 2.90. The van der Waals surface area contributed by atoms with Crippen molar-refractivity contribution in [3.8, 4) is 0 Å². The molecule has 1 fully saturated rings. The Bertz CT molecular complexity index is 552. The van der Waals surface area contributed by atoms with Gasteiger partial charge in [-0.2, -0.15) is 0 Å². The van der Waals surface area contributed by atoms with Crippen LogP contribution in [0.2, 0.25) is 5.02 Å². The average molecular weight is 271 g/mol. The molecule has 4 heteroatoms. The van der Waals surface area contributed by atoms with E-state index in [2.05, 4.69) is 0 Å². The first kappa shape index (κ1) is 12.7. The van der Waals surface area contributed by atoms with Gasteiger partial charge in [-0.1, -0.05) is 29.3 Å². The van der Waals surface area contributed by atoms with Crippen molar-refractivity contribution in [2.24, 2.45) is 5.92 Å². The van der Waals surface area contributed by atoms with Gasteiger partial charge < -0.3 is 0 Å². The lowest BCUT2D eigenvalue weighted by molar-refractivity contribution is 0.611. The molecule has 1 aliphatic carbocycles. The van der Waals surface area contributed by atoms with Gasteiger partial charge in [-0.25, -0.2) is 8.42 Å². The van der Waals surface area contributed by atoms with Crippen molar-refractivity contribution in [2.75, 3.05) is 6.26 Å². The lowest BCUT2D eigenvalue weighted by Gasteiger charge is -2.10. The molecule has 92 valence electrons. The molecule has 2 nitrogen and oxygen atoms in total. The standard InChI is InChI=1S/C13H15ClO2S/c1-9(10-3-4-10)13(17(2,15)16)11-5-7-12(14)8-6-11/h5-8,10H,3-4H2,1-2H3. The summed E-state index contributed by atoms with van der Waals surface area (Å²) < 4.78 is 23.8. The van der Waals surface area contributed by atoms with Crippen LogP contribution in [0.5, 0.6) is 0 Å². The summed E-state index contributed by atoms with van der Waals surface area (Å²) in [6.45, 7) is 1.92. The molecule has 0 saturated heterocycles. The third-order valence-electron chi connectivity index (χ3n) is 3.03. The van der Waals surface area contributed by atoms with Crippen molar-refractivity contribution in [1.82, 2.24) is 0 Å². The van der Waals surface area contributed by atoms with E-state index in [1.807, 2.05) is 6.92 Å². The van der Waals surface area contributed by atoms with E-state index in [0.717, 1.165) is 24.0 Å². The number of sulfone groups is 1. The van der Waals surface area contributed by atoms with E-state index in [0.29, 0.717) is 15.8 Å². The number of rotatable bonds is 3. The first-order valence-corrected chi connectivity index (χ1v) is 7.83. The van der Waals surface area contributed by atoms with E-state index < -0.39 is 9.84 Å². The van der Waals surface area contributed by atoms with E-state index >= 15 is 0 Å². The predicted molar refractivity (Wildman–Crippen MR) is 71.6 cm³/mol. The van der Waals surface area contributed by atoms with Crippen molar-refractivity contribution in [3.63, 3.8) is 0 Å². The second kappa shape index (κ2) is 4.46. The van der Waals surface area contributed by atoms with Crippen LogP contribution in [-0.2, 0) is 9.84 Å². The number of hydrogen-bond donors (Lipinski definition) is 0. The molecule has 0 aliphatic heterocycles. The summed E-state index contributed by atoms with van der Waals surface area (Å²) in [5.41, 5.74) is 1.72. The Balaban J connectivity index is 2.55. The molecule has 17 heavy (non-hydrogen) atoms. The molecular weight excluding hydrogens is 256 g/mol. The average Bonchev–Trinajstić information content (AvgIpc) is 3.02. The topological polar surface area (TPSA) is 34.1 Å². The monoisotopic (exact) mass is 270 g/mol. The third-order valence-corrected chi connectivity index (χ3v) is 4.58. The zero-order valence-electron chi connectivity index (χ0n) is 9.90. The Hall–Kier alpha value is -0.800. The highest BCUT2D eigenvalue weighted by Gasteiger charge is 2.29. The van der Waals surface area contributed by atoms with E-state index in [1.54, 1.807) is 24.3 Å². The van der Waals surface area contributed by atoms with E-state index in [9.17, 15) is 8.42 Å². The molecule has 0 atom stereocenters. The van der Waals surface area contributed by atoms with Crippen LogP contribution in [0.1, 0.15) is 25.3 Å². The summed E-state index contributed by atoms with van der Waals surface area (Å²) in [7, 11) is -3.20. The zero-order chi connectivity index (χ0) is 12.6. The Kier molecular flexibility index (Phi) is 3.32. The molecule has 0 amide bonds. The van der Waals surface area contributed by atoms with Crippen LogP contribution in [0.15, 0.2) is 29.8 Å². The molecule has 0 heterocycles. The maximum atomic E-state index is 11.9. The lowest BCUT2D eigenvalue weighted by Crippen LogP contribution is -2.04. The largest absolute Gasteiger partial charge is 0.224 e. The first-order valence-electron chi connectivity index (χ1n) is 5.56. The quantitative estimate of drug-likeness (QED) is 0.842. The van der Waals surface area contributed by atoms with Gasteiger partial charge in [0.05, 0.1) is 4.91 Å². The van der Waals surface area contributed by atoms with Crippen molar-refractivity contribution in [2.45, 2.75) is 19.8 Å². The van der Waals surface area contributed by atoms with Crippen LogP contribution in [0.3, 0.4) is 0 Å². The van der Waals surface area contributed by atoms with Crippen LogP contribution >= 0.6 is 11.6 Å². The summed E-state index contributed by atoms with van der Waals surface area (Å²) in [6, 6.07) is 6.99. The van der Waals surface area contributed by atoms with Crippen molar-refractivity contribution in [3.05, 3.63) is 40.4 Å². The molecule has 0 unspecified atom stereocenters. The van der Waals surface area contributed by atoms with E-state index in [1.165, 1.54) is 6.26 Å². The molecule has 0 bridgehead atoms. The van der Waals surface area contributed by atoms with Crippen molar-refractivity contribution in [1.29, 1.82) is 0 Å². The second-order valence-corrected chi connectivity index (χ2v) is 6.95. The Labute approximate surface area is 107 Å². The van der Waals surface area contributed by atoms with Gasteiger partial charge >= 0.3 is 0 Å². The molecule has 0 aromatic heterocycles. The minimum absolute atomic E-state index is 0.440. The van der Waals surface area contributed by atoms with Gasteiger partial charge in [-0.3, -0.25) is 0 Å². The fourth-order valence-corrected chi connectivity index (χ4v) is 3.48. The van der Waals surface area contributed by atoms with Crippen LogP contribution in [0.25, 0.3) is 4.91 Å². The maximum absolute atomic E-state index is 11.9. The highest BCUT2D eigenvalue weighted by Crippen LogP contribution is 2.41. The highest BCUT2D eigenvalue weighted by molar-refractivity contribution is 8.00. The van der Waals surface area contributed by atoms with Gasteiger partial charge in [0.15, 0.2) is 9.84 Å². The molecule has 0 radical (unpaired) electrons. The maximum Gasteiger partial charge on any atom is 0.176 e.